The summed E-state index contributed by atoms with van der Waals surface area (Å²) in [5, 5.41) is 0. The van der Waals surface area contributed by atoms with Crippen LogP contribution in [0.2, 0.25) is 0 Å². The molecule has 0 amide bonds. The third-order valence-electron chi connectivity index (χ3n) is 3.21. The van der Waals surface area contributed by atoms with Crippen LogP contribution in [0.4, 0.5) is 0 Å². The normalized spacial score (nSPS) is 16.2. The van der Waals surface area contributed by atoms with E-state index in [0.29, 0.717) is 5.92 Å². The molecule has 0 aliphatic heterocycles. The maximum Gasteiger partial charge on any atom is 0.0161 e. The van der Waals surface area contributed by atoms with Gasteiger partial charge in [-0.3, -0.25) is 0 Å². The Labute approximate surface area is 110 Å². The zero-order valence-corrected chi connectivity index (χ0v) is 10.8. The van der Waals surface area contributed by atoms with Crippen LogP contribution in [0.3, 0.4) is 0 Å². The van der Waals surface area contributed by atoms with E-state index >= 15 is 0 Å². The SMILES string of the molecule is NCCCC(=Cc1ccccc1)C1C=CCC=C1. The molecule has 0 heterocycles. The Bertz CT molecular complexity index is 428. The van der Waals surface area contributed by atoms with Crippen LogP contribution in [0.25, 0.3) is 6.08 Å². The lowest BCUT2D eigenvalue weighted by molar-refractivity contribution is 0.767. The molecular weight excluding hydrogens is 218 g/mol. The van der Waals surface area contributed by atoms with Crippen LogP contribution in [0.1, 0.15) is 24.8 Å². The van der Waals surface area contributed by atoms with Crippen molar-refractivity contribution in [3.63, 3.8) is 0 Å². The molecule has 1 nitrogen and oxygen atoms in total. The summed E-state index contributed by atoms with van der Waals surface area (Å²) >= 11 is 0. The van der Waals surface area contributed by atoms with Crippen molar-refractivity contribution in [3.8, 4) is 0 Å². The molecule has 0 unspecified atom stereocenters. The van der Waals surface area contributed by atoms with Gasteiger partial charge in [0.2, 0.25) is 0 Å². The second-order valence-electron chi connectivity index (χ2n) is 4.64. The lowest BCUT2D eigenvalue weighted by atomic mass is 9.90. The van der Waals surface area contributed by atoms with Crippen LogP contribution in [-0.4, -0.2) is 6.54 Å². The Kier molecular flexibility index (Phi) is 4.98. The summed E-state index contributed by atoms with van der Waals surface area (Å²) in [5.41, 5.74) is 8.37. The molecular formula is C17H21N. The molecule has 2 N–H and O–H groups in total. The minimum Gasteiger partial charge on any atom is -0.330 e. The topological polar surface area (TPSA) is 26.0 Å². The molecule has 0 saturated heterocycles. The summed E-state index contributed by atoms with van der Waals surface area (Å²) in [7, 11) is 0. The van der Waals surface area contributed by atoms with Crippen molar-refractivity contribution >= 4 is 6.08 Å². The van der Waals surface area contributed by atoms with E-state index < -0.39 is 0 Å². The van der Waals surface area contributed by atoms with E-state index in [1.807, 2.05) is 0 Å². The highest BCUT2D eigenvalue weighted by Crippen LogP contribution is 2.25. The lowest BCUT2D eigenvalue weighted by Crippen LogP contribution is -2.04. The monoisotopic (exact) mass is 239 g/mol. The summed E-state index contributed by atoms with van der Waals surface area (Å²) in [6.07, 6.45) is 14.6. The zero-order valence-electron chi connectivity index (χ0n) is 10.8. The summed E-state index contributed by atoms with van der Waals surface area (Å²) in [5.74, 6) is 0.450. The van der Waals surface area contributed by atoms with Crippen LogP contribution >= 0.6 is 0 Å². The molecule has 1 aliphatic carbocycles. The Morgan fingerprint density at radius 2 is 1.89 bits per heavy atom. The van der Waals surface area contributed by atoms with E-state index in [1.54, 1.807) is 0 Å². The average molecular weight is 239 g/mol. The van der Waals surface area contributed by atoms with Gasteiger partial charge in [-0.1, -0.05) is 66.3 Å². The van der Waals surface area contributed by atoms with E-state index in [9.17, 15) is 0 Å². The first-order chi connectivity index (χ1) is 8.90. The first-order valence-corrected chi connectivity index (χ1v) is 6.69. The number of rotatable bonds is 5. The van der Waals surface area contributed by atoms with Crippen LogP contribution in [0.5, 0.6) is 0 Å². The van der Waals surface area contributed by atoms with Crippen molar-refractivity contribution in [2.24, 2.45) is 11.7 Å². The van der Waals surface area contributed by atoms with Gasteiger partial charge in [0.05, 0.1) is 0 Å². The van der Waals surface area contributed by atoms with E-state index in [0.717, 1.165) is 25.8 Å². The Hall–Kier alpha value is -1.60. The van der Waals surface area contributed by atoms with Gasteiger partial charge in [0.1, 0.15) is 0 Å². The van der Waals surface area contributed by atoms with Gasteiger partial charge in [0.15, 0.2) is 0 Å². The standard InChI is InChI=1S/C17H21N/c18-13-7-12-17(16-10-5-2-6-11-16)14-15-8-3-1-4-9-15/h1,3-6,8-11,14,16H,2,7,12-13,18H2. The smallest absolute Gasteiger partial charge is 0.0161 e. The number of hydrogen-bond acceptors (Lipinski definition) is 1. The van der Waals surface area contributed by atoms with E-state index in [1.165, 1.54) is 11.1 Å². The molecule has 0 spiro atoms. The van der Waals surface area contributed by atoms with E-state index in [2.05, 4.69) is 60.7 Å². The Morgan fingerprint density at radius 1 is 1.17 bits per heavy atom. The summed E-state index contributed by atoms with van der Waals surface area (Å²) < 4.78 is 0. The fourth-order valence-electron chi connectivity index (χ4n) is 2.24. The van der Waals surface area contributed by atoms with Gasteiger partial charge in [-0.15, -0.1) is 0 Å². The van der Waals surface area contributed by atoms with Crippen LogP contribution < -0.4 is 5.73 Å². The van der Waals surface area contributed by atoms with Crippen molar-refractivity contribution in [2.75, 3.05) is 6.54 Å². The molecule has 0 radical (unpaired) electrons. The molecule has 2 rings (SSSR count). The molecule has 18 heavy (non-hydrogen) atoms. The second kappa shape index (κ2) is 6.97. The van der Waals surface area contributed by atoms with Crippen LogP contribution in [-0.2, 0) is 0 Å². The maximum absolute atomic E-state index is 5.64. The number of benzene rings is 1. The average Bonchev–Trinajstić information content (AvgIpc) is 2.45. The van der Waals surface area contributed by atoms with Crippen molar-refractivity contribution in [3.05, 3.63) is 65.8 Å². The van der Waals surface area contributed by atoms with Gasteiger partial charge in [0.25, 0.3) is 0 Å². The lowest BCUT2D eigenvalue weighted by Gasteiger charge is -2.16. The van der Waals surface area contributed by atoms with Gasteiger partial charge in [-0.2, -0.15) is 0 Å². The minimum absolute atomic E-state index is 0.450. The third-order valence-corrected chi connectivity index (χ3v) is 3.21. The fraction of sp³-hybridized carbons (Fsp3) is 0.294. The first-order valence-electron chi connectivity index (χ1n) is 6.69. The molecule has 1 aliphatic rings. The predicted octanol–water partition coefficient (Wildman–Crippen LogP) is 3.94. The summed E-state index contributed by atoms with van der Waals surface area (Å²) in [6, 6.07) is 10.5. The van der Waals surface area contributed by atoms with Gasteiger partial charge in [0, 0.05) is 5.92 Å². The largest absolute Gasteiger partial charge is 0.330 e. The van der Waals surface area contributed by atoms with Gasteiger partial charge in [-0.25, -0.2) is 0 Å². The highest BCUT2D eigenvalue weighted by Gasteiger charge is 2.09. The highest BCUT2D eigenvalue weighted by atomic mass is 14.5. The molecule has 94 valence electrons. The summed E-state index contributed by atoms with van der Waals surface area (Å²) in [4.78, 5) is 0. The Morgan fingerprint density at radius 3 is 2.56 bits per heavy atom. The summed E-state index contributed by atoms with van der Waals surface area (Å²) in [6.45, 7) is 0.756. The van der Waals surface area contributed by atoms with E-state index in [-0.39, 0.29) is 0 Å². The van der Waals surface area contributed by atoms with Gasteiger partial charge >= 0.3 is 0 Å². The van der Waals surface area contributed by atoms with Crippen molar-refractivity contribution in [1.29, 1.82) is 0 Å². The fourth-order valence-corrected chi connectivity index (χ4v) is 2.24. The second-order valence-corrected chi connectivity index (χ2v) is 4.64. The first kappa shape index (κ1) is 12.8. The Balaban J connectivity index is 2.18. The molecule has 1 aromatic carbocycles. The van der Waals surface area contributed by atoms with E-state index in [4.69, 9.17) is 5.73 Å². The van der Waals surface area contributed by atoms with Gasteiger partial charge in [-0.05, 0) is 31.4 Å². The number of allylic oxidation sites excluding steroid dienone is 5. The third kappa shape index (κ3) is 3.71. The van der Waals surface area contributed by atoms with Crippen molar-refractivity contribution in [2.45, 2.75) is 19.3 Å². The molecule has 1 aromatic rings. The molecule has 0 bridgehead atoms. The van der Waals surface area contributed by atoms with Crippen molar-refractivity contribution in [1.82, 2.24) is 0 Å². The quantitative estimate of drug-likeness (QED) is 0.774. The predicted molar refractivity (Wildman–Crippen MR) is 79.1 cm³/mol. The minimum atomic E-state index is 0.450. The molecule has 0 fully saturated rings. The number of hydrogen-bond donors (Lipinski definition) is 1. The van der Waals surface area contributed by atoms with Gasteiger partial charge < -0.3 is 5.73 Å². The van der Waals surface area contributed by atoms with Crippen LogP contribution in [0.15, 0.2) is 60.2 Å². The van der Waals surface area contributed by atoms with Crippen molar-refractivity contribution < 1.29 is 0 Å². The molecule has 1 heteroatoms. The molecule has 0 aromatic heterocycles. The van der Waals surface area contributed by atoms with Crippen LogP contribution in [0, 0.1) is 5.92 Å². The molecule has 0 atom stereocenters. The highest BCUT2D eigenvalue weighted by molar-refractivity contribution is 5.54. The zero-order chi connectivity index (χ0) is 12.6. The molecule has 0 saturated carbocycles. The number of nitrogens with two attached hydrogens (primary N) is 1. The maximum atomic E-state index is 5.64.